The van der Waals surface area contributed by atoms with Crippen molar-refractivity contribution < 1.29 is 5.11 Å². The van der Waals surface area contributed by atoms with Gasteiger partial charge in [-0.25, -0.2) is 0 Å². The predicted molar refractivity (Wildman–Crippen MR) is 73.5 cm³/mol. The molecule has 0 amide bonds. The first-order chi connectivity index (χ1) is 8.55. The van der Waals surface area contributed by atoms with Gasteiger partial charge in [0.25, 0.3) is 0 Å². The Kier molecular flexibility index (Phi) is 6.01. The van der Waals surface area contributed by atoms with Gasteiger partial charge < -0.3 is 10.4 Å². The zero-order valence-electron chi connectivity index (χ0n) is 10.9. The van der Waals surface area contributed by atoms with E-state index in [1.54, 1.807) is 6.08 Å². The van der Waals surface area contributed by atoms with Crippen molar-refractivity contribution in [3.05, 3.63) is 17.2 Å². The number of aromatic nitrogens is 3. The highest BCUT2D eigenvalue weighted by Crippen LogP contribution is 2.12. The molecule has 0 saturated carbocycles. The van der Waals surface area contributed by atoms with E-state index in [4.69, 9.17) is 11.6 Å². The number of hydrogen-bond donors (Lipinski definition) is 2. The quantitative estimate of drug-likeness (QED) is 0.830. The summed E-state index contributed by atoms with van der Waals surface area (Å²) in [5.74, 6) is 1.37. The summed E-state index contributed by atoms with van der Waals surface area (Å²) in [6, 6.07) is -0.0816. The molecule has 0 unspecified atom stereocenters. The molecule has 0 aliphatic rings. The molecule has 100 valence electrons. The van der Waals surface area contributed by atoms with Gasteiger partial charge in [0.05, 0.1) is 12.6 Å². The number of rotatable bonds is 6. The molecule has 1 aromatic heterocycles. The fourth-order valence-electron chi connectivity index (χ4n) is 1.58. The van der Waals surface area contributed by atoms with Gasteiger partial charge in [0.15, 0.2) is 5.82 Å². The minimum absolute atomic E-state index is 0.0282. The third-order valence-electron chi connectivity index (χ3n) is 2.25. The summed E-state index contributed by atoms with van der Waals surface area (Å²) in [6.45, 7) is 6.09. The average molecular weight is 271 g/mol. The van der Waals surface area contributed by atoms with E-state index in [0.717, 1.165) is 6.42 Å². The van der Waals surface area contributed by atoms with Crippen molar-refractivity contribution in [2.45, 2.75) is 33.2 Å². The molecule has 0 aliphatic heterocycles. The van der Waals surface area contributed by atoms with Crippen molar-refractivity contribution >= 4 is 23.6 Å². The summed E-state index contributed by atoms with van der Waals surface area (Å²) >= 11 is 5.82. The number of aliphatic hydroxyl groups is 1. The summed E-state index contributed by atoms with van der Waals surface area (Å²) in [4.78, 5) is 12.2. The molecule has 6 heteroatoms. The third kappa shape index (κ3) is 4.98. The third-order valence-corrected chi connectivity index (χ3v) is 2.42. The van der Waals surface area contributed by atoms with Gasteiger partial charge in [-0.3, -0.25) is 0 Å². The molecule has 1 aromatic rings. The number of allylic oxidation sites excluding steroid dienone is 1. The largest absolute Gasteiger partial charge is 0.394 e. The minimum Gasteiger partial charge on any atom is -0.394 e. The van der Waals surface area contributed by atoms with Gasteiger partial charge in [0.2, 0.25) is 11.2 Å². The molecule has 0 aliphatic carbocycles. The van der Waals surface area contributed by atoms with Crippen molar-refractivity contribution in [3.63, 3.8) is 0 Å². The molecule has 0 radical (unpaired) electrons. The Balaban J connectivity index is 2.82. The van der Waals surface area contributed by atoms with Crippen LogP contribution in [0.2, 0.25) is 5.28 Å². The van der Waals surface area contributed by atoms with Gasteiger partial charge >= 0.3 is 0 Å². The lowest BCUT2D eigenvalue weighted by atomic mass is 10.0. The van der Waals surface area contributed by atoms with Gasteiger partial charge in [0, 0.05) is 0 Å². The number of nitrogens with zero attached hydrogens (tertiary/aromatic N) is 3. The molecule has 5 nitrogen and oxygen atoms in total. The summed E-state index contributed by atoms with van der Waals surface area (Å²) in [7, 11) is 0. The van der Waals surface area contributed by atoms with Crippen LogP contribution in [0.25, 0.3) is 6.08 Å². The SMILES string of the molecule is C/C=C/c1nc(Cl)nc(N[C@@H](CO)CC(C)C)n1. The summed E-state index contributed by atoms with van der Waals surface area (Å²) in [5, 5.41) is 12.5. The van der Waals surface area contributed by atoms with E-state index >= 15 is 0 Å². The lowest BCUT2D eigenvalue weighted by Crippen LogP contribution is -2.27. The fourth-order valence-corrected chi connectivity index (χ4v) is 1.75. The fraction of sp³-hybridized carbons (Fsp3) is 0.583. The van der Waals surface area contributed by atoms with Gasteiger partial charge in [-0.15, -0.1) is 0 Å². The molecule has 0 saturated heterocycles. The first-order valence-electron chi connectivity index (χ1n) is 5.96. The van der Waals surface area contributed by atoms with E-state index in [0.29, 0.717) is 17.7 Å². The number of aliphatic hydroxyl groups excluding tert-OH is 1. The summed E-state index contributed by atoms with van der Waals surface area (Å²) in [6.07, 6.45) is 4.40. The normalized spacial score (nSPS) is 13.2. The number of anilines is 1. The topological polar surface area (TPSA) is 70.9 Å². The standard InChI is InChI=1S/C12H19ClN4O/c1-4-5-10-15-11(13)17-12(16-10)14-9(7-18)6-8(2)3/h4-5,8-9,18H,6-7H2,1-3H3,(H,14,15,16,17)/b5-4+/t9-/m1/s1. The van der Waals surface area contributed by atoms with E-state index in [9.17, 15) is 5.11 Å². The maximum Gasteiger partial charge on any atom is 0.227 e. The first-order valence-corrected chi connectivity index (χ1v) is 6.34. The Labute approximate surface area is 112 Å². The van der Waals surface area contributed by atoms with Crippen LogP contribution in [0.3, 0.4) is 0 Å². The van der Waals surface area contributed by atoms with Crippen molar-refractivity contribution in [2.24, 2.45) is 5.92 Å². The predicted octanol–water partition coefficient (Wildman–Crippen LogP) is 2.38. The zero-order chi connectivity index (χ0) is 13.5. The van der Waals surface area contributed by atoms with E-state index in [1.807, 2.05) is 13.0 Å². The molecular weight excluding hydrogens is 252 g/mol. The molecule has 18 heavy (non-hydrogen) atoms. The molecule has 0 fully saturated rings. The first kappa shape index (κ1) is 14.9. The maximum atomic E-state index is 9.30. The molecule has 0 aromatic carbocycles. The smallest absolute Gasteiger partial charge is 0.227 e. The average Bonchev–Trinajstić information content (AvgIpc) is 2.27. The van der Waals surface area contributed by atoms with E-state index in [2.05, 4.69) is 34.1 Å². The number of hydrogen-bond acceptors (Lipinski definition) is 5. The molecule has 1 atom stereocenters. The highest BCUT2D eigenvalue weighted by Gasteiger charge is 2.12. The Hall–Kier alpha value is -1.20. The van der Waals surface area contributed by atoms with Crippen molar-refractivity contribution in [1.82, 2.24) is 15.0 Å². The van der Waals surface area contributed by atoms with Gasteiger partial charge in [-0.2, -0.15) is 15.0 Å². The Bertz CT molecular complexity index is 409. The monoisotopic (exact) mass is 270 g/mol. The lowest BCUT2D eigenvalue weighted by molar-refractivity contribution is 0.259. The van der Waals surface area contributed by atoms with E-state index < -0.39 is 0 Å². The van der Waals surface area contributed by atoms with Crippen LogP contribution in [0.5, 0.6) is 0 Å². The van der Waals surface area contributed by atoms with Crippen LogP contribution in [0.4, 0.5) is 5.95 Å². The molecule has 0 spiro atoms. The second-order valence-electron chi connectivity index (χ2n) is 4.44. The van der Waals surface area contributed by atoms with Gasteiger partial charge in [0.1, 0.15) is 0 Å². The zero-order valence-corrected chi connectivity index (χ0v) is 11.6. The number of halogens is 1. The molecule has 1 heterocycles. The van der Waals surface area contributed by atoms with Gasteiger partial charge in [-0.05, 0) is 36.9 Å². The van der Waals surface area contributed by atoms with Crippen LogP contribution in [0, 0.1) is 5.92 Å². The van der Waals surface area contributed by atoms with Crippen LogP contribution >= 0.6 is 11.6 Å². The molecule has 1 rings (SSSR count). The maximum absolute atomic E-state index is 9.30. The van der Waals surface area contributed by atoms with Crippen LogP contribution < -0.4 is 5.32 Å². The van der Waals surface area contributed by atoms with Crippen LogP contribution in [-0.4, -0.2) is 32.7 Å². The Morgan fingerprint density at radius 2 is 2.06 bits per heavy atom. The highest BCUT2D eigenvalue weighted by atomic mass is 35.5. The van der Waals surface area contributed by atoms with Crippen molar-refractivity contribution in [3.8, 4) is 0 Å². The second-order valence-corrected chi connectivity index (χ2v) is 4.78. The molecule has 0 bridgehead atoms. The lowest BCUT2D eigenvalue weighted by Gasteiger charge is -2.18. The number of nitrogens with one attached hydrogen (secondary N) is 1. The van der Waals surface area contributed by atoms with Crippen LogP contribution in [-0.2, 0) is 0 Å². The van der Waals surface area contributed by atoms with E-state index in [1.165, 1.54) is 0 Å². The summed E-state index contributed by atoms with van der Waals surface area (Å²) < 4.78 is 0. The van der Waals surface area contributed by atoms with Crippen LogP contribution in [0.1, 0.15) is 33.0 Å². The van der Waals surface area contributed by atoms with Crippen LogP contribution in [0.15, 0.2) is 6.08 Å². The van der Waals surface area contributed by atoms with Crippen molar-refractivity contribution in [1.29, 1.82) is 0 Å². The molecule has 2 N–H and O–H groups in total. The Morgan fingerprint density at radius 1 is 1.33 bits per heavy atom. The highest BCUT2D eigenvalue weighted by molar-refractivity contribution is 6.28. The summed E-state index contributed by atoms with van der Waals surface area (Å²) in [5.41, 5.74) is 0. The van der Waals surface area contributed by atoms with E-state index in [-0.39, 0.29) is 17.9 Å². The van der Waals surface area contributed by atoms with Crippen molar-refractivity contribution in [2.75, 3.05) is 11.9 Å². The minimum atomic E-state index is -0.0816. The second kappa shape index (κ2) is 7.28. The molecular formula is C12H19ClN4O. The Morgan fingerprint density at radius 3 is 2.61 bits per heavy atom. The van der Waals surface area contributed by atoms with Gasteiger partial charge in [-0.1, -0.05) is 19.9 Å².